The minimum atomic E-state index is 0.323. The molecule has 86 valence electrons. The average molecular weight is 218 g/mol. The Bertz CT molecular complexity index is 345. The monoisotopic (exact) mass is 218 g/mol. The molecule has 0 amide bonds. The number of nitrogens with zero attached hydrogens (tertiary/aromatic N) is 1. The predicted molar refractivity (Wildman–Crippen MR) is 63.9 cm³/mol. The van der Waals surface area contributed by atoms with Gasteiger partial charge in [0.2, 0.25) is 0 Å². The first kappa shape index (κ1) is 11.1. The van der Waals surface area contributed by atoms with E-state index in [1.807, 2.05) is 25.4 Å². The Morgan fingerprint density at radius 3 is 3.12 bits per heavy atom. The number of hydrogen-bond acceptors (Lipinski definition) is 3. The smallest absolute Gasteiger partial charge is 0.110 e. The van der Waals surface area contributed by atoms with Gasteiger partial charge < -0.3 is 10.1 Å². The van der Waals surface area contributed by atoms with Gasteiger partial charge in [-0.2, -0.15) is 0 Å². The summed E-state index contributed by atoms with van der Waals surface area (Å²) in [7, 11) is 0. The van der Waals surface area contributed by atoms with Crippen molar-refractivity contribution in [1.82, 2.24) is 10.3 Å². The van der Waals surface area contributed by atoms with Gasteiger partial charge in [0.25, 0.3) is 0 Å². The predicted octanol–water partition coefficient (Wildman–Crippen LogP) is 2.17. The molecular weight excluding hydrogens is 200 g/mol. The summed E-state index contributed by atoms with van der Waals surface area (Å²) in [6.07, 6.45) is 8.35. The summed E-state index contributed by atoms with van der Waals surface area (Å²) in [5.74, 6) is 0. The molecule has 1 aromatic rings. The maximum atomic E-state index is 5.48. The molecule has 16 heavy (non-hydrogen) atoms. The lowest BCUT2D eigenvalue weighted by molar-refractivity contribution is 0.122. The maximum Gasteiger partial charge on any atom is 0.110 e. The number of aryl methyl sites for hydroxylation is 1. The van der Waals surface area contributed by atoms with E-state index in [1.54, 1.807) is 0 Å². The fraction of sp³-hybridized carbons (Fsp3) is 0.462. The molecule has 0 saturated heterocycles. The second-order valence-electron chi connectivity index (χ2n) is 4.15. The second-order valence-corrected chi connectivity index (χ2v) is 4.15. The summed E-state index contributed by atoms with van der Waals surface area (Å²) < 4.78 is 5.48. The highest BCUT2D eigenvalue weighted by molar-refractivity contribution is 5.12. The Hall–Kier alpha value is -1.35. The van der Waals surface area contributed by atoms with E-state index in [1.165, 1.54) is 5.56 Å². The summed E-state index contributed by atoms with van der Waals surface area (Å²) in [6.45, 7) is 3.76. The number of nitrogens with one attached hydrogen (secondary N) is 1. The Morgan fingerprint density at radius 2 is 2.44 bits per heavy atom. The Morgan fingerprint density at radius 1 is 1.50 bits per heavy atom. The molecule has 1 unspecified atom stereocenters. The van der Waals surface area contributed by atoms with Gasteiger partial charge in [0.05, 0.1) is 6.26 Å². The van der Waals surface area contributed by atoms with Crippen molar-refractivity contribution < 1.29 is 4.74 Å². The SMILES string of the molecule is Cc1ccc(CNCC2CCC=CO2)cn1. The summed E-state index contributed by atoms with van der Waals surface area (Å²) in [5, 5.41) is 3.39. The second kappa shape index (κ2) is 5.66. The lowest BCUT2D eigenvalue weighted by Crippen LogP contribution is -2.28. The third-order valence-corrected chi connectivity index (χ3v) is 2.70. The fourth-order valence-electron chi connectivity index (χ4n) is 1.72. The lowest BCUT2D eigenvalue weighted by Gasteiger charge is -2.19. The van der Waals surface area contributed by atoms with Gasteiger partial charge in [0.15, 0.2) is 0 Å². The standard InChI is InChI=1S/C13H18N2O/c1-11-5-6-12(9-15-11)8-14-10-13-4-2-3-7-16-13/h3,5-7,9,13-14H,2,4,8,10H2,1H3. The topological polar surface area (TPSA) is 34.1 Å². The van der Waals surface area contributed by atoms with E-state index in [-0.39, 0.29) is 0 Å². The van der Waals surface area contributed by atoms with E-state index < -0.39 is 0 Å². The molecule has 2 heterocycles. The molecule has 0 aliphatic carbocycles. The van der Waals surface area contributed by atoms with Crippen LogP contribution in [0.3, 0.4) is 0 Å². The third-order valence-electron chi connectivity index (χ3n) is 2.70. The van der Waals surface area contributed by atoms with Crippen LogP contribution in [0.2, 0.25) is 0 Å². The molecule has 0 radical (unpaired) electrons. The largest absolute Gasteiger partial charge is 0.497 e. The molecule has 1 aromatic heterocycles. The molecule has 0 spiro atoms. The van der Waals surface area contributed by atoms with Crippen LogP contribution in [0.15, 0.2) is 30.7 Å². The molecule has 0 fully saturated rings. The number of rotatable bonds is 4. The Balaban J connectivity index is 1.71. The van der Waals surface area contributed by atoms with Gasteiger partial charge >= 0.3 is 0 Å². The highest BCUT2D eigenvalue weighted by atomic mass is 16.5. The van der Waals surface area contributed by atoms with Crippen molar-refractivity contribution in [2.24, 2.45) is 0 Å². The van der Waals surface area contributed by atoms with Crippen molar-refractivity contribution in [3.63, 3.8) is 0 Å². The van der Waals surface area contributed by atoms with Crippen LogP contribution in [0.4, 0.5) is 0 Å². The number of hydrogen-bond donors (Lipinski definition) is 1. The number of pyridine rings is 1. The van der Waals surface area contributed by atoms with Gasteiger partial charge in [0, 0.05) is 25.0 Å². The molecule has 0 aromatic carbocycles. The van der Waals surface area contributed by atoms with E-state index in [2.05, 4.69) is 22.4 Å². The first-order valence-electron chi connectivity index (χ1n) is 5.77. The van der Waals surface area contributed by atoms with Crippen molar-refractivity contribution >= 4 is 0 Å². The third kappa shape index (κ3) is 3.35. The molecule has 3 heteroatoms. The molecule has 1 atom stereocenters. The summed E-state index contributed by atoms with van der Waals surface area (Å²) in [6, 6.07) is 4.15. The van der Waals surface area contributed by atoms with Crippen LogP contribution in [0.25, 0.3) is 0 Å². The highest BCUT2D eigenvalue weighted by Gasteiger charge is 2.09. The van der Waals surface area contributed by atoms with Crippen molar-refractivity contribution in [1.29, 1.82) is 0 Å². The average Bonchev–Trinajstić information content (AvgIpc) is 2.33. The molecule has 1 N–H and O–H groups in total. The van der Waals surface area contributed by atoms with E-state index in [0.29, 0.717) is 6.10 Å². The molecule has 1 aliphatic rings. The van der Waals surface area contributed by atoms with Gasteiger partial charge in [-0.1, -0.05) is 6.07 Å². The van der Waals surface area contributed by atoms with Crippen molar-refractivity contribution in [3.05, 3.63) is 41.9 Å². The summed E-state index contributed by atoms with van der Waals surface area (Å²) >= 11 is 0. The van der Waals surface area contributed by atoms with Crippen molar-refractivity contribution in [2.75, 3.05) is 6.54 Å². The number of allylic oxidation sites excluding steroid dienone is 1. The maximum absolute atomic E-state index is 5.48. The summed E-state index contributed by atoms with van der Waals surface area (Å²) in [5.41, 5.74) is 2.28. The normalized spacial score (nSPS) is 19.4. The van der Waals surface area contributed by atoms with Crippen LogP contribution in [-0.4, -0.2) is 17.6 Å². The molecule has 3 nitrogen and oxygen atoms in total. The molecule has 0 bridgehead atoms. The minimum absolute atomic E-state index is 0.323. The zero-order valence-corrected chi connectivity index (χ0v) is 9.65. The molecule has 2 rings (SSSR count). The van der Waals surface area contributed by atoms with Crippen LogP contribution in [0, 0.1) is 6.92 Å². The van der Waals surface area contributed by atoms with Crippen molar-refractivity contribution in [3.8, 4) is 0 Å². The Labute approximate surface area is 96.5 Å². The van der Waals surface area contributed by atoms with Crippen LogP contribution in [0.1, 0.15) is 24.1 Å². The van der Waals surface area contributed by atoms with E-state index in [9.17, 15) is 0 Å². The van der Waals surface area contributed by atoms with Gasteiger partial charge in [-0.15, -0.1) is 0 Å². The summed E-state index contributed by atoms with van der Waals surface area (Å²) in [4.78, 5) is 4.26. The van der Waals surface area contributed by atoms with Crippen LogP contribution < -0.4 is 5.32 Å². The number of ether oxygens (including phenoxy) is 1. The molecule has 1 aliphatic heterocycles. The van der Waals surface area contributed by atoms with E-state index in [4.69, 9.17) is 4.74 Å². The van der Waals surface area contributed by atoms with E-state index in [0.717, 1.165) is 31.6 Å². The van der Waals surface area contributed by atoms with Crippen LogP contribution in [0.5, 0.6) is 0 Å². The number of aromatic nitrogens is 1. The molecule has 0 saturated carbocycles. The van der Waals surface area contributed by atoms with Gasteiger partial charge in [-0.3, -0.25) is 4.98 Å². The van der Waals surface area contributed by atoms with Crippen LogP contribution in [-0.2, 0) is 11.3 Å². The Kier molecular flexibility index (Phi) is 3.94. The van der Waals surface area contributed by atoms with Crippen molar-refractivity contribution in [2.45, 2.75) is 32.4 Å². The lowest BCUT2D eigenvalue weighted by atomic mass is 10.1. The first-order valence-corrected chi connectivity index (χ1v) is 5.77. The highest BCUT2D eigenvalue weighted by Crippen LogP contribution is 2.09. The zero-order chi connectivity index (χ0) is 11.2. The fourth-order valence-corrected chi connectivity index (χ4v) is 1.72. The minimum Gasteiger partial charge on any atom is -0.497 e. The quantitative estimate of drug-likeness (QED) is 0.841. The van der Waals surface area contributed by atoms with Crippen LogP contribution >= 0.6 is 0 Å². The first-order chi connectivity index (χ1) is 7.84. The van der Waals surface area contributed by atoms with Gasteiger partial charge in [-0.25, -0.2) is 0 Å². The zero-order valence-electron chi connectivity index (χ0n) is 9.65. The van der Waals surface area contributed by atoms with Gasteiger partial charge in [-0.05, 0) is 37.5 Å². The van der Waals surface area contributed by atoms with Gasteiger partial charge in [0.1, 0.15) is 6.10 Å². The van der Waals surface area contributed by atoms with E-state index >= 15 is 0 Å². The molecular formula is C13H18N2O.